The standard InChI is InChI=1S/C27H25N3O3S/c1-16-7-9-19(10-8-16)25-29-26-23(12-22-20(14-31)13-28-17(2)24(22)33-26)27(30-25)34-15-18-5-4-6-21(11-18)32-3/h4-11,13,31H,12,14-15H2,1-3H3. The van der Waals surface area contributed by atoms with Crippen molar-refractivity contribution in [2.75, 3.05) is 7.11 Å². The Balaban J connectivity index is 1.57. The fraction of sp³-hybridized carbons (Fsp3) is 0.222. The maximum absolute atomic E-state index is 9.87. The van der Waals surface area contributed by atoms with Gasteiger partial charge in [-0.05, 0) is 31.5 Å². The molecule has 5 rings (SSSR count). The van der Waals surface area contributed by atoms with Crippen molar-refractivity contribution in [3.8, 4) is 28.8 Å². The average Bonchev–Trinajstić information content (AvgIpc) is 2.87. The Morgan fingerprint density at radius 1 is 1.06 bits per heavy atom. The Hall–Kier alpha value is -3.42. The average molecular weight is 472 g/mol. The summed E-state index contributed by atoms with van der Waals surface area (Å²) in [6.07, 6.45) is 2.30. The van der Waals surface area contributed by atoms with Crippen molar-refractivity contribution in [2.24, 2.45) is 0 Å². The van der Waals surface area contributed by atoms with Gasteiger partial charge < -0.3 is 14.6 Å². The summed E-state index contributed by atoms with van der Waals surface area (Å²) in [6.45, 7) is 3.87. The third-order valence-corrected chi connectivity index (χ3v) is 6.97. The molecule has 34 heavy (non-hydrogen) atoms. The summed E-state index contributed by atoms with van der Waals surface area (Å²) in [6, 6.07) is 16.2. The normalized spacial score (nSPS) is 12.0. The number of hydrogen-bond acceptors (Lipinski definition) is 7. The van der Waals surface area contributed by atoms with Crippen LogP contribution in [0.3, 0.4) is 0 Å². The number of pyridine rings is 1. The molecule has 1 aliphatic rings. The van der Waals surface area contributed by atoms with Crippen molar-refractivity contribution < 1.29 is 14.6 Å². The van der Waals surface area contributed by atoms with Crippen LogP contribution in [0.25, 0.3) is 11.4 Å². The lowest BCUT2D eigenvalue weighted by molar-refractivity contribution is 0.278. The number of aromatic nitrogens is 3. The number of benzene rings is 2. The Morgan fingerprint density at radius 2 is 1.88 bits per heavy atom. The second-order valence-corrected chi connectivity index (χ2v) is 9.22. The summed E-state index contributed by atoms with van der Waals surface area (Å²) >= 11 is 1.65. The molecule has 6 nitrogen and oxygen atoms in total. The Kier molecular flexibility index (Phi) is 6.22. The number of hydrogen-bond donors (Lipinski definition) is 1. The van der Waals surface area contributed by atoms with E-state index in [4.69, 9.17) is 19.4 Å². The number of rotatable bonds is 6. The van der Waals surface area contributed by atoms with E-state index < -0.39 is 0 Å². The van der Waals surface area contributed by atoms with E-state index in [1.807, 2.05) is 37.3 Å². The lowest BCUT2D eigenvalue weighted by Crippen LogP contribution is -2.13. The highest BCUT2D eigenvalue weighted by Gasteiger charge is 2.27. The second-order valence-electron chi connectivity index (χ2n) is 8.26. The number of thioether (sulfide) groups is 1. The summed E-state index contributed by atoms with van der Waals surface area (Å²) in [7, 11) is 1.67. The van der Waals surface area contributed by atoms with Crippen LogP contribution in [0.5, 0.6) is 17.4 Å². The van der Waals surface area contributed by atoms with Crippen LogP contribution in [0.2, 0.25) is 0 Å². The molecule has 2 aromatic carbocycles. The van der Waals surface area contributed by atoms with Crippen LogP contribution in [-0.4, -0.2) is 27.2 Å². The van der Waals surface area contributed by atoms with Gasteiger partial charge >= 0.3 is 0 Å². The van der Waals surface area contributed by atoms with Crippen LogP contribution < -0.4 is 9.47 Å². The number of aryl methyl sites for hydroxylation is 2. The van der Waals surface area contributed by atoms with Gasteiger partial charge in [0.2, 0.25) is 5.88 Å². The minimum absolute atomic E-state index is 0.0943. The first-order valence-electron chi connectivity index (χ1n) is 11.1. The zero-order valence-electron chi connectivity index (χ0n) is 19.3. The summed E-state index contributed by atoms with van der Waals surface area (Å²) < 4.78 is 11.7. The van der Waals surface area contributed by atoms with E-state index in [1.165, 1.54) is 5.56 Å². The van der Waals surface area contributed by atoms with E-state index in [9.17, 15) is 5.11 Å². The van der Waals surface area contributed by atoms with Gasteiger partial charge in [-0.3, -0.25) is 4.98 Å². The zero-order chi connectivity index (χ0) is 23.7. The first-order chi connectivity index (χ1) is 16.6. The number of aliphatic hydroxyl groups excluding tert-OH is 1. The van der Waals surface area contributed by atoms with Crippen LogP contribution in [0.15, 0.2) is 59.8 Å². The summed E-state index contributed by atoms with van der Waals surface area (Å²) in [5, 5.41) is 10.7. The topological polar surface area (TPSA) is 77.4 Å². The molecule has 0 unspecified atom stereocenters. The molecule has 4 aromatic rings. The summed E-state index contributed by atoms with van der Waals surface area (Å²) in [5.74, 6) is 3.40. The van der Waals surface area contributed by atoms with Crippen LogP contribution in [0.1, 0.15) is 33.5 Å². The Labute approximate surface area is 203 Å². The van der Waals surface area contributed by atoms with Gasteiger partial charge in [-0.1, -0.05) is 42.0 Å². The van der Waals surface area contributed by atoms with E-state index in [2.05, 4.69) is 30.1 Å². The highest BCUT2D eigenvalue weighted by atomic mass is 32.2. The van der Waals surface area contributed by atoms with Gasteiger partial charge in [-0.25, -0.2) is 4.98 Å². The van der Waals surface area contributed by atoms with Crippen molar-refractivity contribution in [1.82, 2.24) is 15.0 Å². The molecule has 0 saturated heterocycles. The largest absolute Gasteiger partial charge is 0.497 e. The van der Waals surface area contributed by atoms with Crippen LogP contribution >= 0.6 is 11.8 Å². The SMILES string of the molecule is COc1cccc(CSc2nc(-c3ccc(C)cc3)nc3c2Cc2c(CO)cnc(C)c2O3)c1. The molecule has 0 fully saturated rings. The fourth-order valence-electron chi connectivity index (χ4n) is 3.96. The molecule has 172 valence electrons. The molecule has 0 radical (unpaired) electrons. The first-order valence-corrected chi connectivity index (χ1v) is 12.0. The first kappa shape index (κ1) is 22.4. The van der Waals surface area contributed by atoms with E-state index >= 15 is 0 Å². The molecule has 0 aliphatic carbocycles. The fourth-order valence-corrected chi connectivity index (χ4v) is 4.93. The number of ether oxygens (including phenoxy) is 2. The third-order valence-electron chi connectivity index (χ3n) is 5.88. The maximum Gasteiger partial charge on any atom is 0.227 e. The molecule has 7 heteroatoms. The Bertz CT molecular complexity index is 1360. The molecule has 0 amide bonds. The summed E-state index contributed by atoms with van der Waals surface area (Å²) in [5.41, 5.74) is 6.66. The zero-order valence-corrected chi connectivity index (χ0v) is 20.1. The van der Waals surface area contributed by atoms with Crippen molar-refractivity contribution in [3.63, 3.8) is 0 Å². The molecule has 0 saturated carbocycles. The second kappa shape index (κ2) is 9.44. The van der Waals surface area contributed by atoms with Crippen molar-refractivity contribution in [1.29, 1.82) is 0 Å². The van der Waals surface area contributed by atoms with E-state index in [0.717, 1.165) is 50.0 Å². The minimum atomic E-state index is -0.0943. The minimum Gasteiger partial charge on any atom is -0.497 e. The van der Waals surface area contributed by atoms with Gasteiger partial charge in [0.05, 0.1) is 25.0 Å². The van der Waals surface area contributed by atoms with Gasteiger partial charge in [-0.15, -0.1) is 11.8 Å². The van der Waals surface area contributed by atoms with Gasteiger partial charge in [0.1, 0.15) is 10.8 Å². The van der Waals surface area contributed by atoms with Crippen LogP contribution in [0.4, 0.5) is 0 Å². The van der Waals surface area contributed by atoms with Crippen molar-refractivity contribution in [3.05, 3.63) is 88.2 Å². The molecule has 2 aromatic heterocycles. The number of methoxy groups -OCH3 is 1. The number of nitrogens with zero attached hydrogens (tertiary/aromatic N) is 3. The van der Waals surface area contributed by atoms with Gasteiger partial charge in [0.15, 0.2) is 11.6 Å². The molecule has 0 bridgehead atoms. The smallest absolute Gasteiger partial charge is 0.227 e. The van der Waals surface area contributed by atoms with Gasteiger partial charge in [0, 0.05) is 35.1 Å². The predicted octanol–water partition coefficient (Wildman–Crippen LogP) is 5.65. The lowest BCUT2D eigenvalue weighted by atomic mass is 9.99. The predicted molar refractivity (Wildman–Crippen MR) is 133 cm³/mol. The quantitative estimate of drug-likeness (QED) is 0.253. The maximum atomic E-state index is 9.87. The highest BCUT2D eigenvalue weighted by Crippen LogP contribution is 2.43. The van der Waals surface area contributed by atoms with E-state index in [0.29, 0.717) is 23.9 Å². The molecule has 1 N–H and O–H groups in total. The van der Waals surface area contributed by atoms with E-state index in [-0.39, 0.29) is 6.61 Å². The highest BCUT2D eigenvalue weighted by molar-refractivity contribution is 7.98. The molecular weight excluding hydrogens is 446 g/mol. The third kappa shape index (κ3) is 4.36. The monoisotopic (exact) mass is 471 g/mol. The molecule has 3 heterocycles. The van der Waals surface area contributed by atoms with Crippen LogP contribution in [-0.2, 0) is 18.8 Å². The van der Waals surface area contributed by atoms with Gasteiger partial charge in [0.25, 0.3) is 0 Å². The molecule has 0 spiro atoms. The van der Waals surface area contributed by atoms with Crippen molar-refractivity contribution in [2.45, 2.75) is 37.7 Å². The Morgan fingerprint density at radius 3 is 2.65 bits per heavy atom. The molecule has 1 aliphatic heterocycles. The lowest BCUT2D eigenvalue weighted by Gasteiger charge is -2.24. The molecular formula is C27H25N3O3S. The van der Waals surface area contributed by atoms with Crippen LogP contribution in [0, 0.1) is 13.8 Å². The molecule has 0 atom stereocenters. The van der Waals surface area contributed by atoms with E-state index in [1.54, 1.807) is 25.1 Å². The van der Waals surface area contributed by atoms with Crippen molar-refractivity contribution >= 4 is 11.8 Å². The number of aliphatic hydroxyl groups is 1. The number of fused-ring (bicyclic) bond motifs is 2. The summed E-state index contributed by atoms with van der Waals surface area (Å²) in [4.78, 5) is 14.1. The van der Waals surface area contributed by atoms with Gasteiger partial charge in [-0.2, -0.15) is 4.98 Å².